The summed E-state index contributed by atoms with van der Waals surface area (Å²) in [5.41, 5.74) is 0. The molecule has 0 bridgehead atoms. The monoisotopic (exact) mass is 274 g/mol. The first kappa shape index (κ1) is 15.0. The van der Waals surface area contributed by atoms with Crippen LogP contribution in [0.4, 0.5) is 0 Å². The summed E-state index contributed by atoms with van der Waals surface area (Å²) >= 11 is 7.53. The van der Waals surface area contributed by atoms with Gasteiger partial charge in [-0.2, -0.15) is 0 Å². The molecule has 98 valence electrons. The molecule has 4 heteroatoms. The molecule has 0 spiro atoms. The van der Waals surface area contributed by atoms with E-state index < -0.39 is 0 Å². The first-order valence-corrected chi connectivity index (χ1v) is 7.41. The van der Waals surface area contributed by atoms with Gasteiger partial charge in [-0.15, -0.1) is 11.3 Å². The summed E-state index contributed by atoms with van der Waals surface area (Å²) in [4.78, 5) is 3.69. The van der Waals surface area contributed by atoms with E-state index in [-0.39, 0.29) is 0 Å². The average Bonchev–Trinajstić information content (AvgIpc) is 2.68. The van der Waals surface area contributed by atoms with Crippen molar-refractivity contribution in [1.29, 1.82) is 0 Å². The van der Waals surface area contributed by atoms with Crippen LogP contribution < -0.4 is 5.32 Å². The minimum absolute atomic E-state index is 0.790. The first-order valence-electron chi connectivity index (χ1n) is 6.21. The molecule has 0 aliphatic heterocycles. The zero-order chi connectivity index (χ0) is 12.7. The molecule has 0 saturated heterocycles. The van der Waals surface area contributed by atoms with Crippen LogP contribution in [-0.4, -0.2) is 31.6 Å². The Morgan fingerprint density at radius 2 is 2.12 bits per heavy atom. The molecule has 0 amide bonds. The lowest BCUT2D eigenvalue weighted by molar-refractivity contribution is 0.309. The van der Waals surface area contributed by atoms with Gasteiger partial charge in [-0.1, -0.05) is 25.4 Å². The largest absolute Gasteiger partial charge is 0.311 e. The lowest BCUT2D eigenvalue weighted by atomic mass is 10.1. The summed E-state index contributed by atoms with van der Waals surface area (Å²) in [6.07, 6.45) is 1.27. The van der Waals surface area contributed by atoms with Gasteiger partial charge in [-0.25, -0.2) is 0 Å². The van der Waals surface area contributed by atoms with Crippen molar-refractivity contribution < 1.29 is 0 Å². The van der Waals surface area contributed by atoms with E-state index in [9.17, 15) is 0 Å². The Balaban J connectivity index is 2.03. The van der Waals surface area contributed by atoms with Crippen LogP contribution in [-0.2, 0) is 6.54 Å². The topological polar surface area (TPSA) is 15.3 Å². The van der Waals surface area contributed by atoms with E-state index in [1.165, 1.54) is 17.8 Å². The lowest BCUT2D eigenvalue weighted by Crippen LogP contribution is -2.30. The summed E-state index contributed by atoms with van der Waals surface area (Å²) in [5.74, 6) is 0.790. The maximum Gasteiger partial charge on any atom is 0.0931 e. The number of likely N-dealkylation sites (N-methyl/N-ethyl adjacent to an activating group) is 1. The molecule has 1 rings (SSSR count). The normalized spacial score (nSPS) is 11.6. The fourth-order valence-corrected chi connectivity index (χ4v) is 2.58. The second kappa shape index (κ2) is 8.09. The number of rotatable bonds is 8. The van der Waals surface area contributed by atoms with Gasteiger partial charge in [0.2, 0.25) is 0 Å². The Kier molecular flexibility index (Phi) is 7.12. The molecule has 0 fully saturated rings. The zero-order valence-electron chi connectivity index (χ0n) is 11.0. The second-order valence-electron chi connectivity index (χ2n) is 4.87. The van der Waals surface area contributed by atoms with Crippen molar-refractivity contribution in [2.75, 3.05) is 26.7 Å². The molecule has 0 aliphatic rings. The van der Waals surface area contributed by atoms with Crippen molar-refractivity contribution in [2.24, 2.45) is 5.92 Å². The number of hydrogen-bond acceptors (Lipinski definition) is 3. The van der Waals surface area contributed by atoms with E-state index in [0.29, 0.717) is 0 Å². The van der Waals surface area contributed by atoms with Crippen LogP contribution in [0.25, 0.3) is 0 Å². The average molecular weight is 275 g/mol. The lowest BCUT2D eigenvalue weighted by Gasteiger charge is -2.17. The smallest absolute Gasteiger partial charge is 0.0931 e. The van der Waals surface area contributed by atoms with Crippen LogP contribution in [0.15, 0.2) is 12.1 Å². The van der Waals surface area contributed by atoms with Gasteiger partial charge in [0.15, 0.2) is 0 Å². The van der Waals surface area contributed by atoms with E-state index >= 15 is 0 Å². The van der Waals surface area contributed by atoms with Crippen LogP contribution in [0.2, 0.25) is 4.34 Å². The van der Waals surface area contributed by atoms with Gasteiger partial charge in [0.05, 0.1) is 4.34 Å². The number of nitrogens with zero attached hydrogens (tertiary/aromatic N) is 1. The predicted octanol–water partition coefficient (Wildman–Crippen LogP) is 3.47. The Bertz CT molecular complexity index is 312. The third-order valence-electron chi connectivity index (χ3n) is 2.69. The molecule has 0 atom stereocenters. The highest BCUT2D eigenvalue weighted by Crippen LogP contribution is 2.20. The summed E-state index contributed by atoms with van der Waals surface area (Å²) < 4.78 is 0.871. The molecular formula is C13H23ClN2S. The maximum absolute atomic E-state index is 5.88. The fourth-order valence-electron chi connectivity index (χ4n) is 1.52. The zero-order valence-corrected chi connectivity index (χ0v) is 12.6. The van der Waals surface area contributed by atoms with Gasteiger partial charge in [0, 0.05) is 24.5 Å². The summed E-state index contributed by atoms with van der Waals surface area (Å²) in [6.45, 7) is 8.79. The molecule has 0 radical (unpaired) electrons. The van der Waals surface area contributed by atoms with E-state index in [1.807, 2.05) is 6.07 Å². The predicted molar refractivity (Wildman–Crippen MR) is 78.0 cm³/mol. The van der Waals surface area contributed by atoms with Crippen LogP contribution in [0.1, 0.15) is 25.1 Å². The highest BCUT2D eigenvalue weighted by atomic mass is 35.5. The standard InChI is InChI=1S/C13H23ClN2S/c1-11(2)6-8-16(3)9-7-15-10-12-4-5-13(14)17-12/h4-5,11,15H,6-10H2,1-3H3. The van der Waals surface area contributed by atoms with Crippen LogP contribution in [0.5, 0.6) is 0 Å². The highest BCUT2D eigenvalue weighted by Gasteiger charge is 2.01. The molecule has 0 aromatic carbocycles. The molecule has 0 aliphatic carbocycles. The third-order valence-corrected chi connectivity index (χ3v) is 3.92. The number of thiophene rings is 1. The van der Waals surface area contributed by atoms with E-state index in [1.54, 1.807) is 11.3 Å². The van der Waals surface area contributed by atoms with Gasteiger partial charge in [0.25, 0.3) is 0 Å². The summed E-state index contributed by atoms with van der Waals surface area (Å²) in [5, 5.41) is 3.44. The van der Waals surface area contributed by atoms with Gasteiger partial charge < -0.3 is 10.2 Å². The fraction of sp³-hybridized carbons (Fsp3) is 0.692. The van der Waals surface area contributed by atoms with Crippen molar-refractivity contribution in [3.63, 3.8) is 0 Å². The summed E-state index contributed by atoms with van der Waals surface area (Å²) in [6, 6.07) is 4.04. The van der Waals surface area contributed by atoms with Crippen LogP contribution in [0, 0.1) is 5.92 Å². The number of halogens is 1. The van der Waals surface area contributed by atoms with Crippen LogP contribution in [0.3, 0.4) is 0 Å². The van der Waals surface area contributed by atoms with Crippen LogP contribution >= 0.6 is 22.9 Å². The summed E-state index contributed by atoms with van der Waals surface area (Å²) in [7, 11) is 2.19. The van der Waals surface area contributed by atoms with E-state index in [0.717, 1.165) is 29.9 Å². The highest BCUT2D eigenvalue weighted by molar-refractivity contribution is 7.16. The Labute approximate surface area is 114 Å². The Morgan fingerprint density at radius 1 is 1.35 bits per heavy atom. The quantitative estimate of drug-likeness (QED) is 0.731. The van der Waals surface area contributed by atoms with Gasteiger partial charge in [-0.05, 0) is 38.1 Å². The van der Waals surface area contributed by atoms with Crippen molar-refractivity contribution in [3.05, 3.63) is 21.3 Å². The SMILES string of the molecule is CC(C)CCN(C)CCNCc1ccc(Cl)s1. The molecule has 0 unspecified atom stereocenters. The van der Waals surface area contributed by atoms with Gasteiger partial charge in [0.1, 0.15) is 0 Å². The molecule has 1 aromatic rings. The minimum atomic E-state index is 0.790. The number of nitrogens with one attached hydrogen (secondary N) is 1. The van der Waals surface area contributed by atoms with E-state index in [4.69, 9.17) is 11.6 Å². The van der Waals surface area contributed by atoms with Crippen molar-refractivity contribution in [3.8, 4) is 0 Å². The molecule has 0 saturated carbocycles. The first-order chi connectivity index (χ1) is 8.08. The van der Waals surface area contributed by atoms with Crippen molar-refractivity contribution >= 4 is 22.9 Å². The molecule has 2 nitrogen and oxygen atoms in total. The minimum Gasteiger partial charge on any atom is -0.311 e. The van der Waals surface area contributed by atoms with Crippen molar-refractivity contribution in [2.45, 2.75) is 26.8 Å². The number of hydrogen-bond donors (Lipinski definition) is 1. The van der Waals surface area contributed by atoms with Gasteiger partial charge >= 0.3 is 0 Å². The third kappa shape index (κ3) is 7.04. The molecule has 1 N–H and O–H groups in total. The van der Waals surface area contributed by atoms with Crippen molar-refractivity contribution in [1.82, 2.24) is 10.2 Å². The molecule has 1 heterocycles. The molecule has 1 aromatic heterocycles. The maximum atomic E-state index is 5.88. The second-order valence-corrected chi connectivity index (χ2v) is 6.67. The molecular weight excluding hydrogens is 252 g/mol. The van der Waals surface area contributed by atoms with E-state index in [2.05, 4.69) is 37.2 Å². The molecule has 17 heavy (non-hydrogen) atoms. The van der Waals surface area contributed by atoms with Gasteiger partial charge in [-0.3, -0.25) is 0 Å². The Morgan fingerprint density at radius 3 is 2.71 bits per heavy atom. The Hall–Kier alpha value is -0.0900.